The Bertz CT molecular complexity index is 1650. The van der Waals surface area contributed by atoms with Crippen LogP contribution in [-0.4, -0.2) is 155 Å². The maximum Gasteiger partial charge on any atom is 0.249 e. The van der Waals surface area contributed by atoms with E-state index in [1.807, 2.05) is 184 Å². The van der Waals surface area contributed by atoms with Gasteiger partial charge in [0.25, 0.3) is 0 Å². The molecule has 0 aromatic rings. The Hall–Kier alpha value is -2.82. The summed E-state index contributed by atoms with van der Waals surface area (Å²) in [5.74, 6) is 1.59. The molecule has 4 fully saturated rings. The quantitative estimate of drug-likeness (QED) is 0.254. The average molecular weight is 1050 g/mol. The van der Waals surface area contributed by atoms with Crippen LogP contribution in [0.15, 0.2) is 23.8 Å². The Labute approximate surface area is 441 Å². The summed E-state index contributed by atoms with van der Waals surface area (Å²) in [7, 11) is -5.78. The monoisotopic (exact) mass is 1050 g/mol. The Kier molecular flexibility index (Phi) is 50.0. The number of hydrogen-bond acceptors (Lipinski definition) is 8. The zero-order valence-electron chi connectivity index (χ0n) is 51.1. The SMILES string of the molecule is CC.CC.CC.CC.CC.CC.CC(C)N1CC=CC1=O.CC(C)N1CCC(C)S1(=O)=O.CC(C)N1CCCC1=O.CC(C)N1CCCS1(=O)=O.CC1=CCN(C(C)C)C1=O.CC1CCN(C(C)C)C1=O. The molecule has 4 amide bonds. The molecule has 0 aromatic heterocycles. The fourth-order valence-electron chi connectivity index (χ4n) is 7.18. The third kappa shape index (κ3) is 30.2. The summed E-state index contributed by atoms with van der Waals surface area (Å²) < 4.78 is 48.3. The molecule has 14 nitrogen and oxygen atoms in total. The lowest BCUT2D eigenvalue weighted by molar-refractivity contribution is -0.132. The van der Waals surface area contributed by atoms with Crippen LogP contribution < -0.4 is 0 Å². The maximum atomic E-state index is 11.5. The second-order valence-corrected chi connectivity index (χ2v) is 22.1. The smallest absolute Gasteiger partial charge is 0.249 e. The molecule has 0 radical (unpaired) electrons. The topological polar surface area (TPSA) is 156 Å². The zero-order chi connectivity index (χ0) is 57.6. The second kappa shape index (κ2) is 44.6. The molecule has 2 atom stereocenters. The van der Waals surface area contributed by atoms with Gasteiger partial charge < -0.3 is 19.6 Å². The third-order valence-electron chi connectivity index (χ3n) is 11.0. The summed E-state index contributed by atoms with van der Waals surface area (Å²) in [6.07, 6.45) is 9.91. The minimum absolute atomic E-state index is 0.116. The molecule has 6 aliphatic rings. The predicted molar refractivity (Wildman–Crippen MR) is 306 cm³/mol. The molecule has 0 bridgehead atoms. The van der Waals surface area contributed by atoms with E-state index in [1.54, 1.807) is 21.6 Å². The number of rotatable bonds is 6. The van der Waals surface area contributed by atoms with Crippen molar-refractivity contribution in [2.45, 2.75) is 261 Å². The van der Waals surface area contributed by atoms with Crippen molar-refractivity contribution in [3.8, 4) is 0 Å². The molecule has 0 spiro atoms. The number of hydrogen-bond donors (Lipinski definition) is 0. The zero-order valence-corrected chi connectivity index (χ0v) is 52.7. The van der Waals surface area contributed by atoms with E-state index >= 15 is 0 Å². The molecule has 6 rings (SSSR count). The number of likely N-dealkylation sites (tertiary alicyclic amines) is 2. The van der Waals surface area contributed by atoms with Crippen LogP contribution in [0.3, 0.4) is 0 Å². The average Bonchev–Trinajstić information content (AvgIpc) is 4.21. The molecule has 2 unspecified atom stereocenters. The lowest BCUT2D eigenvalue weighted by atomic mass is 10.1. The van der Waals surface area contributed by atoms with Crippen molar-refractivity contribution in [1.29, 1.82) is 0 Å². The first kappa shape index (κ1) is 79.6. The molecular weight excluding hydrogens is 937 g/mol. The van der Waals surface area contributed by atoms with Crippen LogP contribution in [0.2, 0.25) is 0 Å². The van der Waals surface area contributed by atoms with Gasteiger partial charge in [0.2, 0.25) is 43.7 Å². The molecular formula is C55H116N6O8S2. The fraction of sp³-hybridized carbons (Fsp3) is 0.855. The van der Waals surface area contributed by atoms with Crippen LogP contribution in [0.1, 0.15) is 219 Å². The molecule has 0 aliphatic carbocycles. The van der Waals surface area contributed by atoms with E-state index < -0.39 is 20.0 Å². The summed E-state index contributed by atoms with van der Waals surface area (Å²) in [5, 5.41) is -0.176. The summed E-state index contributed by atoms with van der Waals surface area (Å²) in [6.45, 7) is 58.5. The van der Waals surface area contributed by atoms with Crippen LogP contribution in [0.4, 0.5) is 0 Å². The van der Waals surface area contributed by atoms with Gasteiger partial charge >= 0.3 is 0 Å². The lowest BCUT2D eigenvalue weighted by Gasteiger charge is -2.20. The van der Waals surface area contributed by atoms with Gasteiger partial charge in [-0.15, -0.1) is 0 Å². The minimum Gasteiger partial charge on any atom is -0.340 e. The van der Waals surface area contributed by atoms with Gasteiger partial charge in [-0.25, -0.2) is 16.8 Å². The highest BCUT2D eigenvalue weighted by atomic mass is 32.2. The van der Waals surface area contributed by atoms with Crippen LogP contribution in [0.5, 0.6) is 0 Å². The Balaban J connectivity index is -0.000000171. The first-order chi connectivity index (χ1) is 33.2. The molecule has 71 heavy (non-hydrogen) atoms. The van der Waals surface area contributed by atoms with E-state index in [2.05, 4.69) is 27.7 Å². The molecule has 426 valence electrons. The van der Waals surface area contributed by atoms with Gasteiger partial charge in [-0.3, -0.25) is 19.2 Å². The molecule has 0 saturated carbocycles. The highest BCUT2D eigenvalue weighted by Gasteiger charge is 2.37. The van der Waals surface area contributed by atoms with Crippen molar-refractivity contribution in [2.75, 3.05) is 45.0 Å². The summed E-state index contributed by atoms with van der Waals surface area (Å²) >= 11 is 0. The number of sulfonamides is 2. The van der Waals surface area contributed by atoms with Gasteiger partial charge in [0.05, 0.1) is 11.0 Å². The van der Waals surface area contributed by atoms with Gasteiger partial charge in [-0.1, -0.05) is 102 Å². The second-order valence-electron chi connectivity index (χ2n) is 17.7. The fourth-order valence-corrected chi connectivity index (χ4v) is 10.8. The summed E-state index contributed by atoms with van der Waals surface area (Å²) in [5.41, 5.74) is 0.883. The van der Waals surface area contributed by atoms with Crippen molar-refractivity contribution in [3.05, 3.63) is 23.8 Å². The van der Waals surface area contributed by atoms with E-state index in [1.165, 1.54) is 0 Å². The molecule has 6 aliphatic heterocycles. The third-order valence-corrected chi connectivity index (χ3v) is 15.7. The summed E-state index contributed by atoms with van der Waals surface area (Å²) in [6, 6.07) is 1.71. The maximum absolute atomic E-state index is 11.5. The Morgan fingerprint density at radius 3 is 1.13 bits per heavy atom. The first-order valence-corrected chi connectivity index (χ1v) is 30.8. The van der Waals surface area contributed by atoms with Crippen molar-refractivity contribution in [3.63, 3.8) is 0 Å². The number of carbonyl (C=O) groups excluding carboxylic acids is 4. The van der Waals surface area contributed by atoms with Crippen molar-refractivity contribution in [1.82, 2.24) is 28.2 Å². The Morgan fingerprint density at radius 2 is 0.958 bits per heavy atom. The number of amides is 4. The van der Waals surface area contributed by atoms with Crippen LogP contribution >= 0.6 is 0 Å². The molecule has 6 heterocycles. The van der Waals surface area contributed by atoms with Gasteiger partial charge in [0.15, 0.2) is 0 Å². The van der Waals surface area contributed by atoms with Crippen LogP contribution in [0.25, 0.3) is 0 Å². The van der Waals surface area contributed by atoms with Crippen molar-refractivity contribution in [2.24, 2.45) is 5.92 Å². The molecule has 16 heteroatoms. The van der Waals surface area contributed by atoms with Gasteiger partial charge in [0.1, 0.15) is 0 Å². The normalized spacial score (nSPS) is 20.2. The van der Waals surface area contributed by atoms with Gasteiger partial charge in [0, 0.05) is 99.5 Å². The van der Waals surface area contributed by atoms with E-state index in [-0.39, 0.29) is 35.1 Å². The predicted octanol–water partition coefficient (Wildman–Crippen LogP) is 11.7. The molecule has 0 aromatic carbocycles. The van der Waals surface area contributed by atoms with Gasteiger partial charge in [-0.05, 0) is 123 Å². The lowest BCUT2D eigenvalue weighted by Crippen LogP contribution is -2.34. The number of nitrogens with zero attached hydrogens (tertiary/aromatic N) is 6. The van der Waals surface area contributed by atoms with Crippen LogP contribution in [0, 0.1) is 5.92 Å². The van der Waals surface area contributed by atoms with Crippen molar-refractivity contribution < 1.29 is 36.0 Å². The largest absolute Gasteiger partial charge is 0.340 e. The first-order valence-electron chi connectivity index (χ1n) is 27.7. The van der Waals surface area contributed by atoms with Gasteiger partial charge in [-0.2, -0.15) is 8.61 Å². The Morgan fingerprint density at radius 1 is 0.507 bits per heavy atom. The van der Waals surface area contributed by atoms with E-state index in [9.17, 15) is 36.0 Å². The highest BCUT2D eigenvalue weighted by molar-refractivity contribution is 7.90. The van der Waals surface area contributed by atoms with Crippen molar-refractivity contribution >= 4 is 43.7 Å². The molecule has 0 N–H and O–H groups in total. The number of carbonyl (C=O) groups is 4. The minimum atomic E-state index is -2.93. The van der Waals surface area contributed by atoms with Crippen LogP contribution in [-0.2, 0) is 39.2 Å². The van der Waals surface area contributed by atoms with E-state index in [0.717, 1.165) is 63.9 Å². The van der Waals surface area contributed by atoms with E-state index in [4.69, 9.17) is 0 Å². The standard InChI is InChI=1S/C8H15NO.C8H13NO.C7H15NO2S.C7H13NO.C7H11NO.C6H13NO2S.6C2H6/c2*1-6(2)9-5-4-7(3)8(9)10;1-6(2)8-5-4-7(3)11(8,9)10;2*1-6(2)8-5-3-4-7(8)9;1-6(2)7-4-3-5-10(7,8)9;6*1-2/h6-7H,4-5H2,1-3H3;4,6H,5H2,1-3H3;6-7H,4-5H2,1-3H3;6H,3-5H2,1-2H3;3-4,6H,5H2,1-2H3;6H,3-5H2,1-2H3;6*1-2H3. The molecule has 4 saturated heterocycles. The highest BCUT2D eigenvalue weighted by Crippen LogP contribution is 2.23. The van der Waals surface area contributed by atoms with E-state index in [0.29, 0.717) is 54.8 Å². The summed E-state index contributed by atoms with van der Waals surface area (Å²) in [4.78, 5) is 51.8.